The Hall–Kier alpha value is -2.58. The van der Waals surface area contributed by atoms with E-state index in [1.807, 2.05) is 19.1 Å². The number of ketones is 1. The number of benzene rings is 1. The molecule has 0 aromatic heterocycles. The van der Waals surface area contributed by atoms with Gasteiger partial charge in [-0.05, 0) is 37.7 Å². The lowest BCUT2D eigenvalue weighted by atomic mass is 10.1. The third kappa shape index (κ3) is 4.78. The zero-order valence-corrected chi connectivity index (χ0v) is 15.7. The Kier molecular flexibility index (Phi) is 5.98. The molecule has 1 fully saturated rings. The third-order valence-electron chi connectivity index (χ3n) is 4.79. The first-order valence-corrected chi connectivity index (χ1v) is 8.99. The van der Waals surface area contributed by atoms with E-state index in [2.05, 4.69) is 22.2 Å². The number of carboxylic acids is 1. The molecule has 0 bridgehead atoms. The van der Waals surface area contributed by atoms with Crippen LogP contribution in [0, 0.1) is 6.92 Å². The van der Waals surface area contributed by atoms with E-state index in [4.69, 9.17) is 14.6 Å². The maximum Gasteiger partial charge on any atom is 0.344 e. The highest BCUT2D eigenvalue weighted by Crippen LogP contribution is 2.25. The fourth-order valence-corrected chi connectivity index (χ4v) is 3.08. The van der Waals surface area contributed by atoms with Crippen LogP contribution in [0.5, 0.6) is 5.75 Å². The number of rotatable bonds is 7. The molecule has 0 unspecified atom stereocenters. The second-order valence-corrected chi connectivity index (χ2v) is 6.82. The summed E-state index contributed by atoms with van der Waals surface area (Å²) in [7, 11) is 2.13. The number of likely N-dealkylation sites (N-methyl/N-ethyl adjacent to an activating group) is 1. The third-order valence-corrected chi connectivity index (χ3v) is 4.79. The van der Waals surface area contributed by atoms with E-state index in [0.29, 0.717) is 12.3 Å². The molecule has 8 nitrogen and oxygen atoms in total. The average Bonchev–Trinajstić information content (AvgIpc) is 2.99. The summed E-state index contributed by atoms with van der Waals surface area (Å²) in [5, 5.41) is 12.0. The van der Waals surface area contributed by atoms with Gasteiger partial charge in [0.2, 0.25) is 11.7 Å². The van der Waals surface area contributed by atoms with Gasteiger partial charge in [-0.2, -0.15) is 0 Å². The molecule has 8 heteroatoms. The van der Waals surface area contributed by atoms with Gasteiger partial charge in [0.25, 0.3) is 0 Å². The molecule has 0 saturated carbocycles. The molecule has 3 rings (SSSR count). The predicted octanol–water partition coefficient (Wildman–Crippen LogP) is 0.929. The number of carbonyl (C=O) groups excluding carboxylic acids is 1. The van der Waals surface area contributed by atoms with Crippen molar-refractivity contribution in [1.29, 1.82) is 0 Å². The average molecular weight is 375 g/mol. The van der Waals surface area contributed by atoms with Crippen LogP contribution in [-0.2, 0) is 14.3 Å². The van der Waals surface area contributed by atoms with E-state index in [1.54, 1.807) is 6.07 Å². The minimum atomic E-state index is -1.29. The molecule has 0 amide bonds. The van der Waals surface area contributed by atoms with Gasteiger partial charge in [0.1, 0.15) is 12.4 Å². The van der Waals surface area contributed by atoms with Crippen LogP contribution in [0.25, 0.3) is 0 Å². The molecular formula is C19H25N3O5. The second-order valence-electron chi connectivity index (χ2n) is 6.82. The first kappa shape index (κ1) is 19.2. The summed E-state index contributed by atoms with van der Waals surface area (Å²) in [5.74, 6) is -1.09. The number of piperazine rings is 1. The van der Waals surface area contributed by atoms with Crippen molar-refractivity contribution in [1.82, 2.24) is 9.80 Å². The molecule has 0 aliphatic carbocycles. The lowest BCUT2D eigenvalue weighted by Gasteiger charge is -2.32. The molecule has 1 saturated heterocycles. The minimum absolute atomic E-state index is 0.0145. The summed E-state index contributed by atoms with van der Waals surface area (Å²) in [5.41, 5.74) is 1.19. The largest absolute Gasteiger partial charge is 0.492 e. The zero-order valence-electron chi connectivity index (χ0n) is 15.7. The van der Waals surface area contributed by atoms with E-state index in [0.717, 1.165) is 44.0 Å². The van der Waals surface area contributed by atoms with Crippen molar-refractivity contribution in [3.8, 4) is 5.75 Å². The van der Waals surface area contributed by atoms with Crippen molar-refractivity contribution in [2.24, 2.45) is 0 Å². The summed E-state index contributed by atoms with van der Waals surface area (Å²) in [6.45, 7) is 7.41. The number of hydrogen-bond acceptors (Lipinski definition) is 7. The lowest BCUT2D eigenvalue weighted by molar-refractivity contribution is -0.134. The van der Waals surface area contributed by atoms with Crippen molar-refractivity contribution < 1.29 is 24.2 Å². The van der Waals surface area contributed by atoms with Gasteiger partial charge in [0, 0.05) is 38.4 Å². The maximum atomic E-state index is 11.6. The molecule has 27 heavy (non-hydrogen) atoms. The Balaban J connectivity index is 1.56. The van der Waals surface area contributed by atoms with Crippen LogP contribution in [0.3, 0.4) is 0 Å². The van der Waals surface area contributed by atoms with E-state index < -0.39 is 11.8 Å². The SMILES string of the molecule is Cc1cc(OCCN2CCN(C)CC2)ccc1NC1=C(C(=O)O)C(=O)CO1. The van der Waals surface area contributed by atoms with E-state index in [-0.39, 0.29) is 18.1 Å². The Morgan fingerprint density at radius 1 is 1.30 bits per heavy atom. The zero-order chi connectivity index (χ0) is 19.4. The fourth-order valence-electron chi connectivity index (χ4n) is 3.08. The van der Waals surface area contributed by atoms with Crippen molar-refractivity contribution >= 4 is 17.4 Å². The molecule has 0 spiro atoms. The van der Waals surface area contributed by atoms with Gasteiger partial charge in [-0.15, -0.1) is 0 Å². The molecule has 2 aliphatic heterocycles. The number of anilines is 1. The van der Waals surface area contributed by atoms with Gasteiger partial charge in [-0.3, -0.25) is 9.69 Å². The highest BCUT2D eigenvalue weighted by molar-refractivity contribution is 6.19. The fraction of sp³-hybridized carbons (Fsp3) is 0.474. The number of aliphatic carboxylic acids is 1. The van der Waals surface area contributed by atoms with Crippen molar-refractivity contribution in [2.45, 2.75) is 6.92 Å². The van der Waals surface area contributed by atoms with Crippen LogP contribution < -0.4 is 10.1 Å². The molecule has 1 aromatic carbocycles. The molecule has 2 aliphatic rings. The first-order valence-electron chi connectivity index (χ1n) is 8.99. The number of carbonyl (C=O) groups is 2. The molecule has 1 aromatic rings. The molecular weight excluding hydrogens is 350 g/mol. The van der Waals surface area contributed by atoms with Crippen molar-refractivity contribution in [3.05, 3.63) is 35.2 Å². The minimum Gasteiger partial charge on any atom is -0.492 e. The van der Waals surface area contributed by atoms with Crippen LogP contribution in [-0.4, -0.2) is 79.6 Å². The Morgan fingerprint density at radius 3 is 2.70 bits per heavy atom. The second kappa shape index (κ2) is 8.41. The maximum absolute atomic E-state index is 11.6. The number of aryl methyl sites for hydroxylation is 1. The van der Waals surface area contributed by atoms with Gasteiger partial charge in [0.15, 0.2) is 12.2 Å². The summed E-state index contributed by atoms with van der Waals surface area (Å²) < 4.78 is 11.0. The topological polar surface area (TPSA) is 91.3 Å². The van der Waals surface area contributed by atoms with Gasteiger partial charge in [0.05, 0.1) is 0 Å². The standard InChI is InChI=1S/C19H25N3O5/c1-13-11-14(26-10-9-22-7-5-21(2)6-8-22)3-4-15(13)20-18-17(19(24)25)16(23)12-27-18/h3-4,11,20H,5-10,12H2,1-2H3,(H,24,25). The Morgan fingerprint density at radius 2 is 2.04 bits per heavy atom. The van der Waals surface area contributed by atoms with Crippen LogP contribution in [0.2, 0.25) is 0 Å². The molecule has 0 radical (unpaired) electrons. The predicted molar refractivity (Wildman–Crippen MR) is 99.9 cm³/mol. The normalized spacial score (nSPS) is 18.5. The molecule has 0 atom stereocenters. The summed E-state index contributed by atoms with van der Waals surface area (Å²) in [6, 6.07) is 5.49. The number of carboxylic acid groups (broad SMARTS) is 1. The van der Waals surface area contributed by atoms with Crippen molar-refractivity contribution in [2.75, 3.05) is 58.3 Å². The number of nitrogens with one attached hydrogen (secondary N) is 1. The van der Waals surface area contributed by atoms with E-state index in [9.17, 15) is 9.59 Å². The summed E-state index contributed by atoms with van der Waals surface area (Å²) in [4.78, 5) is 27.5. The van der Waals surface area contributed by atoms with E-state index >= 15 is 0 Å². The van der Waals surface area contributed by atoms with Crippen molar-refractivity contribution in [3.63, 3.8) is 0 Å². The molecule has 146 valence electrons. The number of hydrogen-bond donors (Lipinski definition) is 2. The monoisotopic (exact) mass is 375 g/mol. The smallest absolute Gasteiger partial charge is 0.344 e. The van der Waals surface area contributed by atoms with Gasteiger partial charge in [-0.1, -0.05) is 0 Å². The van der Waals surface area contributed by atoms with E-state index in [1.165, 1.54) is 0 Å². The number of nitrogens with zero attached hydrogens (tertiary/aromatic N) is 2. The lowest BCUT2D eigenvalue weighted by Crippen LogP contribution is -2.45. The first-order chi connectivity index (χ1) is 12.9. The molecule has 2 heterocycles. The van der Waals surface area contributed by atoms with Crippen LogP contribution in [0.15, 0.2) is 29.7 Å². The van der Waals surface area contributed by atoms with Crippen LogP contribution in [0.4, 0.5) is 5.69 Å². The molecule has 2 N–H and O–H groups in total. The highest BCUT2D eigenvalue weighted by Gasteiger charge is 2.31. The van der Waals surface area contributed by atoms with Crippen LogP contribution in [0.1, 0.15) is 5.56 Å². The van der Waals surface area contributed by atoms with Gasteiger partial charge < -0.3 is 24.8 Å². The van der Waals surface area contributed by atoms with Crippen LogP contribution >= 0.6 is 0 Å². The Labute approximate surface area is 158 Å². The quantitative estimate of drug-likeness (QED) is 0.680. The Bertz CT molecular complexity index is 754. The number of Topliss-reactive ketones (excluding diaryl/α,β-unsaturated/α-hetero) is 1. The summed E-state index contributed by atoms with van der Waals surface area (Å²) >= 11 is 0. The van der Waals surface area contributed by atoms with Gasteiger partial charge >= 0.3 is 5.97 Å². The van der Waals surface area contributed by atoms with Gasteiger partial charge in [-0.25, -0.2) is 4.79 Å². The number of ether oxygens (including phenoxy) is 2. The highest BCUT2D eigenvalue weighted by atomic mass is 16.5. The summed E-state index contributed by atoms with van der Waals surface area (Å²) in [6.07, 6.45) is 0.